The largest absolute Gasteiger partial charge is 0.492 e. The normalized spacial score (nSPS) is 11.1. The molecule has 1 rings (SSSR count). The number of urea groups is 1. The Bertz CT molecular complexity index is 577. The van der Waals surface area contributed by atoms with Crippen LogP contribution in [0.25, 0.3) is 0 Å². The molecule has 0 bridgehead atoms. The zero-order chi connectivity index (χ0) is 18.9. The number of ether oxygens (including phenoxy) is 1. The van der Waals surface area contributed by atoms with Crippen LogP contribution in [0, 0.1) is 0 Å². The lowest BCUT2D eigenvalue weighted by molar-refractivity contribution is -0.137. The van der Waals surface area contributed by atoms with Gasteiger partial charge in [0.2, 0.25) is 5.91 Å². The van der Waals surface area contributed by atoms with Crippen molar-refractivity contribution >= 4 is 11.9 Å². The summed E-state index contributed by atoms with van der Waals surface area (Å²) in [5, 5.41) is 7.67. The first-order valence-corrected chi connectivity index (χ1v) is 7.79. The van der Waals surface area contributed by atoms with E-state index >= 15 is 0 Å². The number of rotatable bonds is 8. The van der Waals surface area contributed by atoms with E-state index in [1.807, 2.05) is 13.8 Å². The number of halogens is 3. The van der Waals surface area contributed by atoms with Gasteiger partial charge in [0.1, 0.15) is 12.4 Å². The van der Waals surface area contributed by atoms with E-state index in [9.17, 15) is 22.8 Å². The van der Waals surface area contributed by atoms with E-state index in [-0.39, 0.29) is 43.8 Å². The molecular weight excluding hydrogens is 339 g/mol. The van der Waals surface area contributed by atoms with E-state index in [1.165, 1.54) is 12.1 Å². The summed E-state index contributed by atoms with van der Waals surface area (Å²) < 4.78 is 42.8. The molecule has 0 radical (unpaired) electrons. The summed E-state index contributed by atoms with van der Waals surface area (Å²) in [5.74, 6) is -0.0921. The fourth-order valence-corrected chi connectivity index (χ4v) is 1.84. The third-order valence-electron chi connectivity index (χ3n) is 2.90. The molecule has 0 aliphatic carbocycles. The lowest BCUT2D eigenvalue weighted by Gasteiger charge is -2.11. The lowest BCUT2D eigenvalue weighted by Crippen LogP contribution is -2.40. The van der Waals surface area contributed by atoms with Crippen LogP contribution in [0.4, 0.5) is 18.0 Å². The quantitative estimate of drug-likeness (QED) is 0.622. The first-order valence-electron chi connectivity index (χ1n) is 7.79. The highest BCUT2D eigenvalue weighted by molar-refractivity contribution is 5.78. The minimum atomic E-state index is -4.43. The van der Waals surface area contributed by atoms with Gasteiger partial charge in [-0.3, -0.25) is 4.79 Å². The zero-order valence-electron chi connectivity index (χ0n) is 14.1. The molecule has 3 N–H and O–H groups in total. The molecule has 0 aromatic heterocycles. The van der Waals surface area contributed by atoms with Crippen LogP contribution < -0.4 is 20.7 Å². The average molecular weight is 361 g/mol. The minimum Gasteiger partial charge on any atom is -0.492 e. The summed E-state index contributed by atoms with van der Waals surface area (Å²) >= 11 is 0. The second kappa shape index (κ2) is 9.75. The van der Waals surface area contributed by atoms with Crippen molar-refractivity contribution in [3.8, 4) is 5.75 Å². The van der Waals surface area contributed by atoms with Crippen molar-refractivity contribution in [2.24, 2.45) is 0 Å². The number of carbonyl (C=O) groups is 2. The Kier molecular flexibility index (Phi) is 8.03. The maximum absolute atomic E-state index is 12.6. The summed E-state index contributed by atoms with van der Waals surface area (Å²) in [6, 6.07) is 4.06. The molecule has 0 aliphatic heterocycles. The van der Waals surface area contributed by atoms with Crippen molar-refractivity contribution in [3.63, 3.8) is 0 Å². The third kappa shape index (κ3) is 8.83. The molecule has 0 aliphatic rings. The molecule has 3 amide bonds. The van der Waals surface area contributed by atoms with Gasteiger partial charge >= 0.3 is 12.2 Å². The van der Waals surface area contributed by atoms with Gasteiger partial charge < -0.3 is 20.7 Å². The number of hydrogen-bond donors (Lipinski definition) is 3. The predicted octanol–water partition coefficient (Wildman–Crippen LogP) is 2.30. The highest BCUT2D eigenvalue weighted by Gasteiger charge is 2.30. The van der Waals surface area contributed by atoms with Crippen LogP contribution in [0.5, 0.6) is 5.75 Å². The molecule has 140 valence electrons. The molecule has 25 heavy (non-hydrogen) atoms. The molecule has 1 aromatic carbocycles. The Morgan fingerprint density at radius 1 is 1.16 bits per heavy atom. The SMILES string of the molecule is CC(C)NC(=O)CCNC(=O)NCCOc1cccc(C(F)(F)F)c1. The van der Waals surface area contributed by atoms with Crippen molar-refractivity contribution in [2.75, 3.05) is 19.7 Å². The average Bonchev–Trinajstić information content (AvgIpc) is 2.50. The van der Waals surface area contributed by atoms with E-state index in [0.717, 1.165) is 12.1 Å². The standard InChI is InChI=1S/C16H22F3N3O3/c1-11(2)22-14(23)6-7-20-15(24)21-8-9-25-13-5-3-4-12(10-13)16(17,18)19/h3-5,10-11H,6-9H2,1-2H3,(H,22,23)(H2,20,21,24). The minimum absolute atomic E-state index is 0.0164. The van der Waals surface area contributed by atoms with Crippen molar-refractivity contribution in [1.82, 2.24) is 16.0 Å². The number of alkyl halides is 3. The van der Waals surface area contributed by atoms with Crippen LogP contribution in [-0.4, -0.2) is 37.7 Å². The maximum Gasteiger partial charge on any atom is 0.416 e. The Balaban J connectivity index is 2.21. The van der Waals surface area contributed by atoms with E-state index in [2.05, 4.69) is 16.0 Å². The van der Waals surface area contributed by atoms with Gasteiger partial charge in [0.25, 0.3) is 0 Å². The van der Waals surface area contributed by atoms with Crippen molar-refractivity contribution in [1.29, 1.82) is 0 Å². The van der Waals surface area contributed by atoms with Gasteiger partial charge in [-0.05, 0) is 32.0 Å². The van der Waals surface area contributed by atoms with Crippen molar-refractivity contribution in [3.05, 3.63) is 29.8 Å². The van der Waals surface area contributed by atoms with Crippen LogP contribution >= 0.6 is 0 Å². The Hall–Kier alpha value is -2.45. The third-order valence-corrected chi connectivity index (χ3v) is 2.90. The Morgan fingerprint density at radius 3 is 2.48 bits per heavy atom. The molecule has 0 atom stereocenters. The number of amides is 3. The summed E-state index contributed by atoms with van der Waals surface area (Å²) in [4.78, 5) is 22.9. The summed E-state index contributed by atoms with van der Waals surface area (Å²) in [6.45, 7) is 3.98. The van der Waals surface area contributed by atoms with Gasteiger partial charge in [-0.1, -0.05) is 6.07 Å². The molecular formula is C16H22F3N3O3. The van der Waals surface area contributed by atoms with Crippen LogP contribution in [0.15, 0.2) is 24.3 Å². The number of hydrogen-bond acceptors (Lipinski definition) is 3. The number of carbonyl (C=O) groups excluding carboxylic acids is 2. The Labute approximate surface area is 144 Å². The van der Waals surface area contributed by atoms with Gasteiger partial charge in [-0.15, -0.1) is 0 Å². The first-order chi connectivity index (χ1) is 11.7. The molecule has 1 aromatic rings. The highest BCUT2D eigenvalue weighted by Crippen LogP contribution is 2.31. The van der Waals surface area contributed by atoms with Crippen molar-refractivity contribution in [2.45, 2.75) is 32.5 Å². The molecule has 0 fully saturated rings. The summed E-state index contributed by atoms with van der Waals surface area (Å²) in [6.07, 6.45) is -4.27. The van der Waals surface area contributed by atoms with Gasteiger partial charge in [0.05, 0.1) is 12.1 Å². The fraction of sp³-hybridized carbons (Fsp3) is 0.500. The van der Waals surface area contributed by atoms with Crippen LogP contribution in [0.2, 0.25) is 0 Å². The second-order valence-corrected chi connectivity index (χ2v) is 5.53. The summed E-state index contributed by atoms with van der Waals surface area (Å²) in [5.41, 5.74) is -0.796. The molecule has 0 spiro atoms. The van der Waals surface area contributed by atoms with E-state index in [4.69, 9.17) is 4.74 Å². The maximum atomic E-state index is 12.6. The van der Waals surface area contributed by atoms with E-state index in [1.54, 1.807) is 0 Å². The molecule has 0 unspecified atom stereocenters. The summed E-state index contributed by atoms with van der Waals surface area (Å²) in [7, 11) is 0. The van der Waals surface area contributed by atoms with Gasteiger partial charge in [-0.25, -0.2) is 4.79 Å². The van der Waals surface area contributed by atoms with E-state index in [0.29, 0.717) is 0 Å². The smallest absolute Gasteiger partial charge is 0.416 e. The first kappa shape index (κ1) is 20.6. The van der Waals surface area contributed by atoms with Crippen LogP contribution in [0.1, 0.15) is 25.8 Å². The fourth-order valence-electron chi connectivity index (χ4n) is 1.84. The lowest BCUT2D eigenvalue weighted by atomic mass is 10.2. The van der Waals surface area contributed by atoms with E-state index < -0.39 is 17.8 Å². The highest BCUT2D eigenvalue weighted by atomic mass is 19.4. The second-order valence-electron chi connectivity index (χ2n) is 5.53. The topological polar surface area (TPSA) is 79.5 Å². The van der Waals surface area contributed by atoms with Crippen molar-refractivity contribution < 1.29 is 27.5 Å². The Morgan fingerprint density at radius 2 is 1.84 bits per heavy atom. The molecule has 0 saturated heterocycles. The van der Waals surface area contributed by atoms with Crippen LogP contribution in [-0.2, 0) is 11.0 Å². The number of benzene rings is 1. The number of nitrogens with one attached hydrogen (secondary N) is 3. The van der Waals surface area contributed by atoms with Crippen LogP contribution in [0.3, 0.4) is 0 Å². The monoisotopic (exact) mass is 361 g/mol. The molecule has 9 heteroatoms. The van der Waals surface area contributed by atoms with Gasteiger partial charge in [-0.2, -0.15) is 13.2 Å². The zero-order valence-corrected chi connectivity index (χ0v) is 14.1. The molecule has 0 heterocycles. The predicted molar refractivity (Wildman–Crippen MR) is 86.2 cm³/mol. The van der Waals surface area contributed by atoms with Gasteiger partial charge in [0, 0.05) is 19.0 Å². The van der Waals surface area contributed by atoms with Gasteiger partial charge in [0.15, 0.2) is 0 Å². The molecule has 0 saturated carbocycles. The molecule has 6 nitrogen and oxygen atoms in total.